The number of ether oxygens (including phenoxy) is 1. The number of amides is 1. The van der Waals surface area contributed by atoms with Gasteiger partial charge in [-0.2, -0.15) is 4.39 Å². The molecule has 13 heteroatoms. The van der Waals surface area contributed by atoms with Gasteiger partial charge >= 0.3 is 0 Å². The molecule has 0 spiro atoms. The number of halogens is 1. The van der Waals surface area contributed by atoms with Gasteiger partial charge in [-0.1, -0.05) is 28.6 Å². The molecule has 10 nitrogen and oxygen atoms in total. The van der Waals surface area contributed by atoms with E-state index in [0.717, 1.165) is 6.20 Å². The molecule has 0 bridgehead atoms. The molecule has 1 atom stereocenters. The zero-order valence-electron chi connectivity index (χ0n) is 17.0. The lowest BCUT2D eigenvalue weighted by Gasteiger charge is -2.11. The van der Waals surface area contributed by atoms with E-state index in [0.29, 0.717) is 35.8 Å². The third kappa shape index (κ3) is 5.56. The summed E-state index contributed by atoms with van der Waals surface area (Å²) in [6.45, 7) is 0.454. The first-order valence-electron chi connectivity index (χ1n) is 9.74. The van der Waals surface area contributed by atoms with Crippen molar-refractivity contribution < 1.29 is 27.2 Å². The summed E-state index contributed by atoms with van der Waals surface area (Å²) in [7, 11) is -3.56. The second-order valence-electron chi connectivity index (χ2n) is 6.86. The van der Waals surface area contributed by atoms with Crippen molar-refractivity contribution in [3.05, 3.63) is 65.4 Å². The van der Waals surface area contributed by atoms with Crippen molar-refractivity contribution in [3.63, 3.8) is 0 Å². The van der Waals surface area contributed by atoms with Gasteiger partial charge in [-0.05, 0) is 24.6 Å². The average Bonchev–Trinajstić information content (AvgIpc) is 3.50. The third-order valence-corrected chi connectivity index (χ3v) is 7.54. The first kappa shape index (κ1) is 22.9. The smallest absolute Gasteiger partial charge is 0.280 e. The number of oxime groups is 1. The van der Waals surface area contributed by atoms with Crippen LogP contribution in [0.5, 0.6) is 0 Å². The fourth-order valence-electron chi connectivity index (χ4n) is 3.01. The standard InChI is InChI=1S/C20H18FN5O5S2/c21-16-10-24-20(32-16)25-19(27)18(26-31-12-17-22-7-1-8-23-17)13-2-4-14(5-3-13)33(28,29)15-6-9-30-11-15/h1-5,7-8,10,15H,6,9,11-12H2,(H,24,25,27)/t15-/m0/s1. The molecule has 0 unspecified atom stereocenters. The molecule has 1 saturated heterocycles. The molecule has 172 valence electrons. The van der Waals surface area contributed by atoms with Crippen molar-refractivity contribution in [1.82, 2.24) is 15.0 Å². The average molecular weight is 492 g/mol. The van der Waals surface area contributed by atoms with Crippen LogP contribution in [-0.2, 0) is 30.8 Å². The minimum atomic E-state index is -3.56. The van der Waals surface area contributed by atoms with Gasteiger partial charge in [-0.15, -0.1) is 0 Å². The van der Waals surface area contributed by atoms with E-state index in [4.69, 9.17) is 9.57 Å². The van der Waals surface area contributed by atoms with E-state index in [1.165, 1.54) is 36.7 Å². The van der Waals surface area contributed by atoms with Crippen LogP contribution in [-0.4, -0.2) is 53.5 Å². The summed E-state index contributed by atoms with van der Waals surface area (Å²) in [5, 5.41) is 5.22. The Kier molecular flexibility index (Phi) is 7.01. The van der Waals surface area contributed by atoms with E-state index in [9.17, 15) is 17.6 Å². The molecule has 4 rings (SSSR count). The van der Waals surface area contributed by atoms with Crippen LogP contribution in [0.1, 0.15) is 17.8 Å². The summed E-state index contributed by atoms with van der Waals surface area (Å²) < 4.78 is 43.9. The van der Waals surface area contributed by atoms with Gasteiger partial charge in [-0.25, -0.2) is 23.4 Å². The molecule has 1 fully saturated rings. The molecule has 1 aliphatic heterocycles. The lowest BCUT2D eigenvalue weighted by Crippen LogP contribution is -2.25. The monoisotopic (exact) mass is 491 g/mol. The van der Waals surface area contributed by atoms with Gasteiger partial charge in [0.2, 0.25) is 0 Å². The lowest BCUT2D eigenvalue weighted by molar-refractivity contribution is -0.110. The Morgan fingerprint density at radius 3 is 2.64 bits per heavy atom. The van der Waals surface area contributed by atoms with Gasteiger partial charge < -0.3 is 9.57 Å². The van der Waals surface area contributed by atoms with E-state index in [1.54, 1.807) is 6.07 Å². The lowest BCUT2D eigenvalue weighted by atomic mass is 10.1. The van der Waals surface area contributed by atoms with Gasteiger partial charge in [0.05, 0.1) is 22.9 Å². The largest absolute Gasteiger partial charge is 0.387 e. The topological polar surface area (TPSA) is 133 Å². The van der Waals surface area contributed by atoms with Crippen molar-refractivity contribution >= 4 is 37.9 Å². The predicted octanol–water partition coefficient (Wildman–Crippen LogP) is 2.19. The van der Waals surface area contributed by atoms with Crippen molar-refractivity contribution in [3.8, 4) is 0 Å². The zero-order valence-corrected chi connectivity index (χ0v) is 18.7. The molecule has 0 saturated carbocycles. The highest BCUT2D eigenvalue weighted by atomic mass is 32.2. The van der Waals surface area contributed by atoms with Gasteiger partial charge in [0.25, 0.3) is 5.91 Å². The zero-order chi connectivity index (χ0) is 23.3. The molecule has 3 heterocycles. The third-order valence-electron chi connectivity index (χ3n) is 4.66. The normalized spacial score (nSPS) is 16.5. The second-order valence-corrected chi connectivity index (χ2v) is 10.1. The number of carbonyl (C=O) groups excluding carboxylic acids is 1. The van der Waals surface area contributed by atoms with Crippen LogP contribution in [0.4, 0.5) is 9.52 Å². The predicted molar refractivity (Wildman–Crippen MR) is 117 cm³/mol. The van der Waals surface area contributed by atoms with Gasteiger partial charge in [-0.3, -0.25) is 10.1 Å². The molecule has 0 radical (unpaired) electrons. The van der Waals surface area contributed by atoms with Crippen LogP contribution in [0.25, 0.3) is 0 Å². The maximum atomic E-state index is 13.2. The molecule has 1 aromatic carbocycles. The van der Waals surface area contributed by atoms with Crippen LogP contribution >= 0.6 is 11.3 Å². The van der Waals surface area contributed by atoms with Gasteiger partial charge in [0.15, 0.2) is 38.2 Å². The number of hydrogen-bond acceptors (Lipinski definition) is 10. The number of nitrogens with one attached hydrogen (secondary N) is 1. The fraction of sp³-hybridized carbons (Fsp3) is 0.250. The quantitative estimate of drug-likeness (QED) is 0.375. The van der Waals surface area contributed by atoms with Crippen molar-refractivity contribution in [2.45, 2.75) is 23.2 Å². The summed E-state index contributed by atoms with van der Waals surface area (Å²) in [5.41, 5.74) is 0.134. The van der Waals surface area contributed by atoms with E-state index in [-0.39, 0.29) is 29.0 Å². The van der Waals surface area contributed by atoms with Crippen molar-refractivity contribution in [1.29, 1.82) is 0 Å². The number of aromatic nitrogens is 3. The molecular weight excluding hydrogens is 473 g/mol. The fourth-order valence-corrected chi connectivity index (χ4v) is 5.13. The maximum absolute atomic E-state index is 13.2. The molecule has 33 heavy (non-hydrogen) atoms. The number of nitrogens with zero attached hydrogens (tertiary/aromatic N) is 4. The number of benzene rings is 1. The minimum Gasteiger partial charge on any atom is -0.387 e. The molecule has 1 aliphatic rings. The Balaban J connectivity index is 1.57. The van der Waals surface area contributed by atoms with Crippen LogP contribution in [0.2, 0.25) is 0 Å². The molecular formula is C20H18FN5O5S2. The number of thiazole rings is 1. The van der Waals surface area contributed by atoms with E-state index in [1.807, 2.05) is 0 Å². The summed E-state index contributed by atoms with van der Waals surface area (Å²) in [5.74, 6) is -0.360. The number of carbonyl (C=O) groups is 1. The Morgan fingerprint density at radius 1 is 1.24 bits per heavy atom. The molecule has 1 N–H and O–H groups in total. The van der Waals surface area contributed by atoms with Crippen LogP contribution in [0, 0.1) is 5.13 Å². The van der Waals surface area contributed by atoms with Crippen molar-refractivity contribution in [2.75, 3.05) is 18.5 Å². The Morgan fingerprint density at radius 2 is 2.00 bits per heavy atom. The van der Waals surface area contributed by atoms with E-state index >= 15 is 0 Å². The second kappa shape index (κ2) is 10.1. The van der Waals surface area contributed by atoms with Crippen molar-refractivity contribution in [2.24, 2.45) is 5.16 Å². The number of rotatable bonds is 8. The van der Waals surface area contributed by atoms with Crippen LogP contribution in [0.3, 0.4) is 0 Å². The molecule has 2 aromatic heterocycles. The molecule has 0 aliphatic carbocycles. The van der Waals surface area contributed by atoms with E-state index < -0.39 is 26.1 Å². The first-order chi connectivity index (χ1) is 15.9. The van der Waals surface area contributed by atoms with Crippen LogP contribution < -0.4 is 5.32 Å². The summed E-state index contributed by atoms with van der Waals surface area (Å²) in [6, 6.07) is 7.34. The maximum Gasteiger partial charge on any atom is 0.280 e. The van der Waals surface area contributed by atoms with Gasteiger partial charge in [0, 0.05) is 24.6 Å². The Hall–Kier alpha value is -3.29. The number of sulfone groups is 1. The Bertz CT molecular complexity index is 1240. The Labute approximate surface area is 192 Å². The summed E-state index contributed by atoms with van der Waals surface area (Å²) in [6.07, 6.45) is 4.48. The van der Waals surface area contributed by atoms with Crippen LogP contribution in [0.15, 0.2) is 59.0 Å². The van der Waals surface area contributed by atoms with Gasteiger partial charge in [0.1, 0.15) is 0 Å². The SMILES string of the molecule is O=C(Nc1ncc(F)s1)C(=NOCc1ncccn1)c1ccc(S(=O)(=O)[C@H]2CCOC2)cc1. The summed E-state index contributed by atoms with van der Waals surface area (Å²) >= 11 is 0.653. The van der Waals surface area contributed by atoms with E-state index in [2.05, 4.69) is 25.4 Å². The first-order valence-corrected chi connectivity index (χ1v) is 12.1. The molecule has 1 amide bonds. The highest BCUT2D eigenvalue weighted by molar-refractivity contribution is 7.92. The highest BCUT2D eigenvalue weighted by Crippen LogP contribution is 2.23. The number of hydrogen-bond donors (Lipinski definition) is 1. The minimum absolute atomic E-state index is 0.0389. The summed E-state index contributed by atoms with van der Waals surface area (Å²) in [4.78, 5) is 29.9. The number of anilines is 1. The molecule has 3 aromatic rings. The highest BCUT2D eigenvalue weighted by Gasteiger charge is 2.31.